The molecule has 2 rings (SSSR count). The molecular weight excluding hydrogens is 238 g/mol. The van der Waals surface area contributed by atoms with Crippen LogP contribution in [-0.4, -0.2) is 35.4 Å². The second-order valence-electron chi connectivity index (χ2n) is 5.03. The maximum Gasteiger partial charge on any atom is 0.257 e. The second kappa shape index (κ2) is 7.12. The lowest BCUT2D eigenvalue weighted by atomic mass is 10.2. The summed E-state index contributed by atoms with van der Waals surface area (Å²) in [6.45, 7) is 4.70. The van der Waals surface area contributed by atoms with Crippen LogP contribution in [0.1, 0.15) is 49.4 Å². The first-order chi connectivity index (χ1) is 9.33. The van der Waals surface area contributed by atoms with Gasteiger partial charge in [-0.05, 0) is 31.4 Å². The molecule has 0 aliphatic carbocycles. The van der Waals surface area contributed by atoms with E-state index < -0.39 is 0 Å². The number of rotatable bonds is 4. The Kier molecular flexibility index (Phi) is 5.19. The number of hydrogen-bond acceptors (Lipinski definition) is 3. The van der Waals surface area contributed by atoms with Crippen LogP contribution in [0.5, 0.6) is 0 Å². The summed E-state index contributed by atoms with van der Waals surface area (Å²) in [5, 5.41) is 3.24. The number of pyridine rings is 1. The van der Waals surface area contributed by atoms with Gasteiger partial charge < -0.3 is 10.2 Å². The van der Waals surface area contributed by atoms with Crippen molar-refractivity contribution in [2.45, 2.75) is 39.0 Å². The molecule has 1 amide bonds. The van der Waals surface area contributed by atoms with E-state index in [0.29, 0.717) is 5.56 Å². The van der Waals surface area contributed by atoms with Crippen molar-refractivity contribution in [1.29, 1.82) is 0 Å². The van der Waals surface area contributed by atoms with Crippen LogP contribution in [0.25, 0.3) is 0 Å². The van der Waals surface area contributed by atoms with Gasteiger partial charge in [0.25, 0.3) is 5.91 Å². The van der Waals surface area contributed by atoms with Crippen LogP contribution in [0.2, 0.25) is 0 Å². The van der Waals surface area contributed by atoms with Gasteiger partial charge in [-0.3, -0.25) is 4.79 Å². The highest BCUT2D eigenvalue weighted by atomic mass is 16.2. The number of aromatic nitrogens is 1. The molecule has 1 aromatic heterocycles. The van der Waals surface area contributed by atoms with Gasteiger partial charge in [0, 0.05) is 25.8 Å². The summed E-state index contributed by atoms with van der Waals surface area (Å²) in [4.78, 5) is 18.9. The zero-order valence-electron chi connectivity index (χ0n) is 11.7. The van der Waals surface area contributed by atoms with Gasteiger partial charge in [-0.2, -0.15) is 0 Å². The summed E-state index contributed by atoms with van der Waals surface area (Å²) in [5.41, 5.74) is 0.706. The largest absolute Gasteiger partial charge is 0.369 e. The minimum atomic E-state index is 0.119. The minimum Gasteiger partial charge on any atom is -0.369 e. The van der Waals surface area contributed by atoms with E-state index in [1.807, 2.05) is 17.0 Å². The highest BCUT2D eigenvalue weighted by Crippen LogP contribution is 2.17. The third-order valence-corrected chi connectivity index (χ3v) is 3.47. The van der Waals surface area contributed by atoms with Gasteiger partial charge in [0.1, 0.15) is 5.82 Å². The van der Waals surface area contributed by atoms with Crippen molar-refractivity contribution >= 4 is 11.7 Å². The quantitative estimate of drug-likeness (QED) is 0.906. The number of amides is 1. The summed E-state index contributed by atoms with van der Waals surface area (Å²) in [6, 6.07) is 3.71. The molecule has 0 bridgehead atoms. The number of likely N-dealkylation sites (tertiary alicyclic amines) is 1. The Hall–Kier alpha value is -1.58. The van der Waals surface area contributed by atoms with Gasteiger partial charge in [-0.25, -0.2) is 4.98 Å². The zero-order chi connectivity index (χ0) is 13.5. The third kappa shape index (κ3) is 3.69. The normalized spacial score (nSPS) is 15.9. The molecule has 0 unspecified atom stereocenters. The first-order valence-electron chi connectivity index (χ1n) is 7.31. The molecule has 4 nitrogen and oxygen atoms in total. The first-order valence-corrected chi connectivity index (χ1v) is 7.31. The van der Waals surface area contributed by atoms with Crippen molar-refractivity contribution in [3.05, 3.63) is 23.9 Å². The van der Waals surface area contributed by atoms with Gasteiger partial charge >= 0.3 is 0 Å². The number of carbonyl (C=O) groups excluding carboxylic acids is 1. The van der Waals surface area contributed by atoms with E-state index >= 15 is 0 Å². The Morgan fingerprint density at radius 2 is 2.05 bits per heavy atom. The topological polar surface area (TPSA) is 45.2 Å². The molecule has 1 N–H and O–H groups in total. The van der Waals surface area contributed by atoms with E-state index in [2.05, 4.69) is 17.2 Å². The maximum atomic E-state index is 12.6. The van der Waals surface area contributed by atoms with Crippen LogP contribution in [0.3, 0.4) is 0 Å². The average molecular weight is 261 g/mol. The molecule has 1 aliphatic heterocycles. The van der Waals surface area contributed by atoms with E-state index in [0.717, 1.165) is 44.7 Å². The van der Waals surface area contributed by atoms with E-state index in [-0.39, 0.29) is 5.91 Å². The Balaban J connectivity index is 2.12. The summed E-state index contributed by atoms with van der Waals surface area (Å²) in [7, 11) is 0. The molecule has 0 spiro atoms. The van der Waals surface area contributed by atoms with Crippen molar-refractivity contribution in [2.75, 3.05) is 25.0 Å². The van der Waals surface area contributed by atoms with E-state index in [4.69, 9.17) is 0 Å². The number of anilines is 1. The van der Waals surface area contributed by atoms with Crippen LogP contribution >= 0.6 is 0 Å². The molecule has 0 radical (unpaired) electrons. The third-order valence-electron chi connectivity index (χ3n) is 3.47. The smallest absolute Gasteiger partial charge is 0.257 e. The van der Waals surface area contributed by atoms with E-state index in [1.54, 1.807) is 6.20 Å². The van der Waals surface area contributed by atoms with E-state index in [9.17, 15) is 4.79 Å². The lowest BCUT2D eigenvalue weighted by Crippen LogP contribution is -2.32. The fourth-order valence-corrected chi connectivity index (χ4v) is 2.41. The average Bonchev–Trinajstić information content (AvgIpc) is 2.73. The molecule has 1 saturated heterocycles. The number of hydrogen-bond donors (Lipinski definition) is 1. The van der Waals surface area contributed by atoms with Crippen molar-refractivity contribution in [2.24, 2.45) is 0 Å². The summed E-state index contributed by atoms with van der Waals surface area (Å²) >= 11 is 0. The number of nitrogens with zero attached hydrogens (tertiary/aromatic N) is 2. The molecule has 0 atom stereocenters. The minimum absolute atomic E-state index is 0.119. The van der Waals surface area contributed by atoms with Gasteiger partial charge in [0.2, 0.25) is 0 Å². The van der Waals surface area contributed by atoms with Crippen LogP contribution in [0, 0.1) is 0 Å². The predicted octanol–water partition coefficient (Wildman–Crippen LogP) is 2.92. The summed E-state index contributed by atoms with van der Waals surface area (Å²) in [5.74, 6) is 0.840. The van der Waals surface area contributed by atoms with Crippen molar-refractivity contribution < 1.29 is 4.79 Å². The standard InChI is InChI=1S/C15H23N3O/c1-2-9-16-14-13(8-7-10-17-14)15(19)18-11-5-3-4-6-12-18/h7-8,10H,2-6,9,11-12H2,1H3,(H,16,17). The van der Waals surface area contributed by atoms with Crippen LogP contribution in [0.15, 0.2) is 18.3 Å². The summed E-state index contributed by atoms with van der Waals surface area (Å²) in [6.07, 6.45) is 7.45. The van der Waals surface area contributed by atoms with Gasteiger partial charge in [0.05, 0.1) is 5.56 Å². The lowest BCUT2D eigenvalue weighted by molar-refractivity contribution is 0.0762. The molecule has 1 fully saturated rings. The van der Waals surface area contributed by atoms with Gasteiger partial charge in [-0.15, -0.1) is 0 Å². The fraction of sp³-hybridized carbons (Fsp3) is 0.600. The molecule has 19 heavy (non-hydrogen) atoms. The Morgan fingerprint density at radius 3 is 2.74 bits per heavy atom. The maximum absolute atomic E-state index is 12.6. The zero-order valence-corrected chi connectivity index (χ0v) is 11.7. The molecule has 2 heterocycles. The number of nitrogens with one attached hydrogen (secondary N) is 1. The van der Waals surface area contributed by atoms with Crippen molar-refractivity contribution in [1.82, 2.24) is 9.88 Å². The van der Waals surface area contributed by atoms with Crippen LogP contribution in [-0.2, 0) is 0 Å². The first kappa shape index (κ1) is 13.8. The monoisotopic (exact) mass is 261 g/mol. The second-order valence-corrected chi connectivity index (χ2v) is 5.03. The highest BCUT2D eigenvalue weighted by Gasteiger charge is 2.20. The summed E-state index contributed by atoms with van der Waals surface area (Å²) < 4.78 is 0. The molecule has 104 valence electrons. The Labute approximate surface area is 115 Å². The van der Waals surface area contributed by atoms with Gasteiger partial charge in [-0.1, -0.05) is 19.8 Å². The van der Waals surface area contributed by atoms with E-state index in [1.165, 1.54) is 12.8 Å². The number of carbonyl (C=O) groups is 1. The molecular formula is C15H23N3O. The molecule has 0 aromatic carbocycles. The SMILES string of the molecule is CCCNc1ncccc1C(=O)N1CCCCCC1. The Morgan fingerprint density at radius 1 is 1.32 bits per heavy atom. The Bertz CT molecular complexity index is 412. The predicted molar refractivity (Wildman–Crippen MR) is 77.4 cm³/mol. The van der Waals surface area contributed by atoms with Crippen molar-refractivity contribution in [3.8, 4) is 0 Å². The molecule has 4 heteroatoms. The van der Waals surface area contributed by atoms with Gasteiger partial charge in [0.15, 0.2) is 0 Å². The molecule has 1 aromatic rings. The molecule has 1 aliphatic rings. The molecule has 0 saturated carbocycles. The fourth-order valence-electron chi connectivity index (χ4n) is 2.41. The highest BCUT2D eigenvalue weighted by molar-refractivity contribution is 5.98. The lowest BCUT2D eigenvalue weighted by Gasteiger charge is -2.21. The van der Waals surface area contributed by atoms with Crippen LogP contribution in [0.4, 0.5) is 5.82 Å². The van der Waals surface area contributed by atoms with Crippen molar-refractivity contribution in [3.63, 3.8) is 0 Å². The van der Waals surface area contributed by atoms with Crippen LogP contribution < -0.4 is 5.32 Å².